The van der Waals surface area contributed by atoms with E-state index < -0.39 is 8.32 Å². The molecular weight excluding hydrogens is 204 g/mol. The van der Waals surface area contributed by atoms with E-state index in [9.17, 15) is 4.79 Å². The SMILES string of the molecule is CCCCC(CC=CC=O)O[Si](C)(C)C. The molecular formula is C12H24O2Si. The zero-order valence-corrected chi connectivity index (χ0v) is 11.5. The second-order valence-electron chi connectivity index (χ2n) is 4.79. The summed E-state index contributed by atoms with van der Waals surface area (Å²) >= 11 is 0. The molecule has 0 rings (SSSR count). The Morgan fingerprint density at radius 3 is 2.47 bits per heavy atom. The average Bonchev–Trinajstić information content (AvgIpc) is 2.12. The lowest BCUT2D eigenvalue weighted by molar-refractivity contribution is -0.104. The third-order valence-corrected chi connectivity index (χ3v) is 3.05. The van der Waals surface area contributed by atoms with E-state index in [-0.39, 0.29) is 0 Å². The first-order chi connectivity index (χ1) is 6.99. The maximum absolute atomic E-state index is 10.2. The molecule has 2 nitrogen and oxygen atoms in total. The summed E-state index contributed by atoms with van der Waals surface area (Å²) in [6.45, 7) is 8.80. The minimum absolute atomic E-state index is 0.299. The van der Waals surface area contributed by atoms with Gasteiger partial charge in [-0.3, -0.25) is 4.79 Å². The predicted molar refractivity (Wildman–Crippen MR) is 67.6 cm³/mol. The first-order valence-electron chi connectivity index (χ1n) is 5.77. The lowest BCUT2D eigenvalue weighted by Gasteiger charge is -2.25. The van der Waals surface area contributed by atoms with E-state index in [2.05, 4.69) is 26.6 Å². The molecule has 0 radical (unpaired) electrons. The van der Waals surface area contributed by atoms with Gasteiger partial charge in [-0.1, -0.05) is 25.8 Å². The zero-order chi connectivity index (χ0) is 11.7. The van der Waals surface area contributed by atoms with Crippen LogP contribution in [0.4, 0.5) is 0 Å². The normalized spacial score (nSPS) is 14.4. The van der Waals surface area contributed by atoms with Crippen LogP contribution >= 0.6 is 0 Å². The summed E-state index contributed by atoms with van der Waals surface area (Å²) in [4.78, 5) is 10.2. The van der Waals surface area contributed by atoms with Crippen LogP contribution in [0.3, 0.4) is 0 Å². The second-order valence-corrected chi connectivity index (χ2v) is 9.25. The van der Waals surface area contributed by atoms with Gasteiger partial charge >= 0.3 is 0 Å². The molecule has 0 amide bonds. The first-order valence-corrected chi connectivity index (χ1v) is 9.18. The van der Waals surface area contributed by atoms with Crippen molar-refractivity contribution in [3.8, 4) is 0 Å². The molecule has 0 bridgehead atoms. The van der Waals surface area contributed by atoms with Gasteiger partial charge in [-0.05, 0) is 38.6 Å². The first kappa shape index (κ1) is 14.6. The van der Waals surface area contributed by atoms with Crippen LogP contribution in [0.25, 0.3) is 0 Å². The number of carbonyl (C=O) groups is 1. The maximum Gasteiger partial charge on any atom is 0.184 e. The molecule has 3 heteroatoms. The highest BCUT2D eigenvalue weighted by atomic mass is 28.4. The van der Waals surface area contributed by atoms with E-state index in [0.717, 1.165) is 19.1 Å². The van der Waals surface area contributed by atoms with E-state index in [1.807, 2.05) is 6.08 Å². The molecule has 15 heavy (non-hydrogen) atoms. The Hall–Kier alpha value is -0.413. The molecule has 0 aliphatic heterocycles. The van der Waals surface area contributed by atoms with Crippen LogP contribution in [0.5, 0.6) is 0 Å². The number of aldehydes is 1. The minimum atomic E-state index is -1.45. The molecule has 1 unspecified atom stereocenters. The molecule has 88 valence electrons. The van der Waals surface area contributed by atoms with Crippen molar-refractivity contribution in [1.29, 1.82) is 0 Å². The van der Waals surface area contributed by atoms with Gasteiger partial charge in [-0.15, -0.1) is 0 Å². The maximum atomic E-state index is 10.2. The van der Waals surface area contributed by atoms with Crippen LogP contribution in [0, 0.1) is 0 Å². The van der Waals surface area contributed by atoms with Gasteiger partial charge in [0.2, 0.25) is 0 Å². The standard InChI is InChI=1S/C12H24O2Si/c1-5-6-9-12(10-7-8-11-13)14-15(2,3)4/h7-8,11-12H,5-6,9-10H2,1-4H3. The van der Waals surface area contributed by atoms with E-state index in [1.54, 1.807) is 6.08 Å². The van der Waals surface area contributed by atoms with Crippen LogP contribution in [0.15, 0.2) is 12.2 Å². The Balaban J connectivity index is 4.05. The van der Waals surface area contributed by atoms with Gasteiger partial charge in [0.15, 0.2) is 8.32 Å². The Bertz CT molecular complexity index is 194. The Morgan fingerprint density at radius 2 is 2.00 bits per heavy atom. The average molecular weight is 228 g/mol. The van der Waals surface area contributed by atoms with E-state index in [1.165, 1.54) is 12.8 Å². The summed E-state index contributed by atoms with van der Waals surface area (Å²) in [5, 5.41) is 0. The summed E-state index contributed by atoms with van der Waals surface area (Å²) in [5.41, 5.74) is 0. The van der Waals surface area contributed by atoms with Crippen molar-refractivity contribution < 1.29 is 9.22 Å². The highest BCUT2D eigenvalue weighted by Gasteiger charge is 2.19. The van der Waals surface area contributed by atoms with Crippen LogP contribution in [-0.2, 0) is 9.22 Å². The topological polar surface area (TPSA) is 26.3 Å². The molecule has 0 saturated carbocycles. The van der Waals surface area contributed by atoms with Crippen molar-refractivity contribution in [1.82, 2.24) is 0 Å². The summed E-state index contributed by atoms with van der Waals surface area (Å²) in [5.74, 6) is 0. The fourth-order valence-electron chi connectivity index (χ4n) is 1.44. The highest BCUT2D eigenvalue weighted by molar-refractivity contribution is 6.69. The van der Waals surface area contributed by atoms with Gasteiger partial charge in [-0.2, -0.15) is 0 Å². The number of unbranched alkanes of at least 4 members (excludes halogenated alkanes) is 1. The van der Waals surface area contributed by atoms with Gasteiger partial charge in [0.25, 0.3) is 0 Å². The fourth-order valence-corrected chi connectivity index (χ4v) is 2.66. The molecule has 0 fully saturated rings. The van der Waals surface area contributed by atoms with Crippen molar-refractivity contribution in [3.63, 3.8) is 0 Å². The molecule has 0 N–H and O–H groups in total. The van der Waals surface area contributed by atoms with Crippen LogP contribution < -0.4 is 0 Å². The quantitative estimate of drug-likeness (QED) is 0.361. The van der Waals surface area contributed by atoms with Crippen molar-refractivity contribution >= 4 is 14.6 Å². The number of carbonyl (C=O) groups excluding carboxylic acids is 1. The van der Waals surface area contributed by atoms with Crippen molar-refractivity contribution in [2.24, 2.45) is 0 Å². The Morgan fingerprint density at radius 1 is 1.33 bits per heavy atom. The lowest BCUT2D eigenvalue weighted by atomic mass is 10.1. The fraction of sp³-hybridized carbons (Fsp3) is 0.750. The number of rotatable bonds is 8. The van der Waals surface area contributed by atoms with Gasteiger partial charge in [0, 0.05) is 6.10 Å². The molecule has 1 atom stereocenters. The van der Waals surface area contributed by atoms with Crippen LogP contribution in [0.1, 0.15) is 32.6 Å². The largest absolute Gasteiger partial charge is 0.414 e. The van der Waals surface area contributed by atoms with E-state index in [0.29, 0.717) is 6.10 Å². The summed E-state index contributed by atoms with van der Waals surface area (Å²) in [6.07, 6.45) is 8.96. The molecule has 0 aromatic carbocycles. The van der Waals surface area contributed by atoms with E-state index in [4.69, 9.17) is 4.43 Å². The van der Waals surface area contributed by atoms with Crippen molar-refractivity contribution in [3.05, 3.63) is 12.2 Å². The van der Waals surface area contributed by atoms with Gasteiger partial charge in [0.05, 0.1) is 0 Å². The third kappa shape index (κ3) is 9.88. The predicted octanol–water partition coefficient (Wildman–Crippen LogP) is 3.54. The monoisotopic (exact) mass is 228 g/mol. The molecule has 0 heterocycles. The molecule has 0 aromatic rings. The van der Waals surface area contributed by atoms with Gasteiger partial charge in [-0.25, -0.2) is 0 Å². The highest BCUT2D eigenvalue weighted by Crippen LogP contribution is 2.15. The number of allylic oxidation sites excluding steroid dienone is 1. The summed E-state index contributed by atoms with van der Waals surface area (Å²) in [6, 6.07) is 0. The second kappa shape index (κ2) is 7.82. The number of hydrogen-bond acceptors (Lipinski definition) is 2. The van der Waals surface area contributed by atoms with Gasteiger partial charge < -0.3 is 4.43 Å². The molecule has 0 spiro atoms. The van der Waals surface area contributed by atoms with Crippen molar-refractivity contribution in [2.45, 2.75) is 58.4 Å². The zero-order valence-electron chi connectivity index (χ0n) is 10.5. The third-order valence-electron chi connectivity index (χ3n) is 2.01. The Kier molecular flexibility index (Phi) is 7.61. The Labute approximate surface area is 94.8 Å². The smallest absolute Gasteiger partial charge is 0.184 e. The summed E-state index contributed by atoms with van der Waals surface area (Å²) in [7, 11) is -1.45. The number of hydrogen-bond donors (Lipinski definition) is 0. The van der Waals surface area contributed by atoms with Crippen LogP contribution in [0.2, 0.25) is 19.6 Å². The van der Waals surface area contributed by atoms with E-state index >= 15 is 0 Å². The lowest BCUT2D eigenvalue weighted by Crippen LogP contribution is -2.31. The minimum Gasteiger partial charge on any atom is -0.414 e. The molecule has 0 aliphatic carbocycles. The van der Waals surface area contributed by atoms with Crippen LogP contribution in [-0.4, -0.2) is 20.7 Å². The van der Waals surface area contributed by atoms with Crippen molar-refractivity contribution in [2.75, 3.05) is 0 Å². The van der Waals surface area contributed by atoms with Gasteiger partial charge in [0.1, 0.15) is 6.29 Å². The molecule has 0 aromatic heterocycles. The summed E-state index contributed by atoms with van der Waals surface area (Å²) < 4.78 is 6.06. The molecule has 0 saturated heterocycles. The molecule has 0 aliphatic rings.